The fourth-order valence-electron chi connectivity index (χ4n) is 2.75. The van der Waals surface area contributed by atoms with Crippen molar-refractivity contribution in [2.45, 2.75) is 32.7 Å². The third-order valence-electron chi connectivity index (χ3n) is 3.56. The van der Waals surface area contributed by atoms with Crippen molar-refractivity contribution in [3.63, 3.8) is 0 Å². The third-order valence-corrected chi connectivity index (χ3v) is 4.64. The molecule has 1 heterocycles. The Morgan fingerprint density at radius 1 is 1.30 bits per heavy atom. The molecule has 1 aromatic heterocycles. The van der Waals surface area contributed by atoms with E-state index in [1.54, 1.807) is 11.3 Å². The molecular formula is C16H18N2OS. The van der Waals surface area contributed by atoms with Crippen LogP contribution in [-0.2, 0) is 12.8 Å². The lowest BCUT2D eigenvalue weighted by Crippen LogP contribution is -2.30. The van der Waals surface area contributed by atoms with Crippen LogP contribution >= 0.6 is 11.3 Å². The number of benzene rings is 1. The van der Waals surface area contributed by atoms with Crippen molar-refractivity contribution in [2.75, 3.05) is 5.73 Å². The Bertz CT molecular complexity index is 673. The topological polar surface area (TPSA) is 55.1 Å². The first-order chi connectivity index (χ1) is 9.58. The summed E-state index contributed by atoms with van der Waals surface area (Å²) in [6.07, 6.45) is 1.99. The summed E-state index contributed by atoms with van der Waals surface area (Å²) in [5.74, 6) is -0.0632. The van der Waals surface area contributed by atoms with E-state index in [9.17, 15) is 4.79 Å². The zero-order valence-corrected chi connectivity index (χ0v) is 12.5. The van der Waals surface area contributed by atoms with Crippen LogP contribution in [0.4, 0.5) is 5.00 Å². The van der Waals surface area contributed by atoms with Gasteiger partial charge in [-0.25, -0.2) is 0 Å². The monoisotopic (exact) mass is 286 g/mol. The lowest BCUT2D eigenvalue weighted by atomic mass is 9.88. The number of thiophene rings is 1. The molecule has 1 aliphatic rings. The molecule has 0 aliphatic heterocycles. The molecule has 2 aromatic rings. The fourth-order valence-corrected chi connectivity index (χ4v) is 3.83. The van der Waals surface area contributed by atoms with E-state index in [-0.39, 0.29) is 11.9 Å². The predicted octanol–water partition coefficient (Wildman–Crippen LogP) is 3.23. The summed E-state index contributed by atoms with van der Waals surface area (Å²) in [6, 6.07) is 8.40. The van der Waals surface area contributed by atoms with Gasteiger partial charge in [-0.1, -0.05) is 24.3 Å². The Kier molecular flexibility index (Phi) is 3.26. The Morgan fingerprint density at radius 2 is 2.05 bits per heavy atom. The second kappa shape index (κ2) is 4.94. The van der Waals surface area contributed by atoms with Crippen LogP contribution in [0, 0.1) is 0 Å². The first-order valence-electron chi connectivity index (χ1n) is 6.88. The standard InChI is InChI=1S/C16H18N2OS/c1-9(2)18-16(19)14-13-11-6-4-3-5-10(11)7-8-12(13)20-15(14)17/h3-6,9H,7-8,17H2,1-2H3,(H,18,19). The molecule has 4 heteroatoms. The zero-order valence-electron chi connectivity index (χ0n) is 11.7. The second-order valence-electron chi connectivity index (χ2n) is 5.42. The number of nitrogens with two attached hydrogens (primary N) is 1. The number of hydrogen-bond donors (Lipinski definition) is 2. The number of anilines is 1. The highest BCUT2D eigenvalue weighted by molar-refractivity contribution is 7.17. The maximum Gasteiger partial charge on any atom is 0.255 e. The summed E-state index contributed by atoms with van der Waals surface area (Å²) >= 11 is 1.55. The maximum absolute atomic E-state index is 12.4. The molecule has 104 valence electrons. The summed E-state index contributed by atoms with van der Waals surface area (Å²) in [5.41, 5.74) is 10.3. The number of aryl methyl sites for hydroxylation is 2. The highest BCUT2D eigenvalue weighted by atomic mass is 32.1. The number of rotatable bonds is 2. The number of amides is 1. The molecule has 0 atom stereocenters. The average molecular weight is 286 g/mol. The largest absolute Gasteiger partial charge is 0.390 e. The highest BCUT2D eigenvalue weighted by Crippen LogP contribution is 2.43. The van der Waals surface area contributed by atoms with E-state index >= 15 is 0 Å². The summed E-state index contributed by atoms with van der Waals surface area (Å²) in [6.45, 7) is 3.92. The van der Waals surface area contributed by atoms with Gasteiger partial charge in [0.1, 0.15) is 0 Å². The molecule has 0 spiro atoms. The highest BCUT2D eigenvalue weighted by Gasteiger charge is 2.27. The summed E-state index contributed by atoms with van der Waals surface area (Å²) in [4.78, 5) is 13.7. The first-order valence-corrected chi connectivity index (χ1v) is 7.70. The molecule has 0 radical (unpaired) electrons. The van der Waals surface area contributed by atoms with Gasteiger partial charge in [-0.3, -0.25) is 4.79 Å². The normalized spacial score (nSPS) is 12.9. The van der Waals surface area contributed by atoms with Gasteiger partial charge >= 0.3 is 0 Å². The van der Waals surface area contributed by atoms with Gasteiger partial charge in [-0.15, -0.1) is 11.3 Å². The number of nitrogen functional groups attached to an aromatic ring is 1. The molecule has 0 saturated heterocycles. The van der Waals surface area contributed by atoms with E-state index in [2.05, 4.69) is 17.4 Å². The van der Waals surface area contributed by atoms with Gasteiger partial charge in [0.05, 0.1) is 10.6 Å². The van der Waals surface area contributed by atoms with Crippen molar-refractivity contribution in [2.24, 2.45) is 0 Å². The summed E-state index contributed by atoms with van der Waals surface area (Å²) in [5, 5.41) is 3.58. The van der Waals surface area contributed by atoms with Gasteiger partial charge in [-0.2, -0.15) is 0 Å². The van der Waals surface area contributed by atoms with Crippen molar-refractivity contribution < 1.29 is 4.79 Å². The number of carbonyl (C=O) groups is 1. The number of nitrogens with one attached hydrogen (secondary N) is 1. The molecule has 3 nitrogen and oxygen atoms in total. The predicted molar refractivity (Wildman–Crippen MR) is 84.2 cm³/mol. The third kappa shape index (κ3) is 2.10. The van der Waals surface area contributed by atoms with Gasteiger partial charge in [0.2, 0.25) is 0 Å². The van der Waals surface area contributed by atoms with Crippen molar-refractivity contribution >= 4 is 22.2 Å². The molecule has 3 N–H and O–H groups in total. The van der Waals surface area contributed by atoms with Crippen molar-refractivity contribution in [1.82, 2.24) is 5.32 Å². The minimum Gasteiger partial charge on any atom is -0.390 e. The molecule has 1 aromatic carbocycles. The lowest BCUT2D eigenvalue weighted by Gasteiger charge is -2.18. The van der Waals surface area contributed by atoms with Crippen molar-refractivity contribution in [3.05, 3.63) is 40.3 Å². The fraction of sp³-hybridized carbons (Fsp3) is 0.312. The summed E-state index contributed by atoms with van der Waals surface area (Å²) < 4.78 is 0. The average Bonchev–Trinajstić information content (AvgIpc) is 2.74. The Balaban J connectivity index is 2.15. The van der Waals surface area contributed by atoms with Crippen LogP contribution in [0.3, 0.4) is 0 Å². The van der Waals surface area contributed by atoms with Gasteiger partial charge in [-0.05, 0) is 37.8 Å². The van der Waals surface area contributed by atoms with Crippen LogP contribution in [0.5, 0.6) is 0 Å². The Morgan fingerprint density at radius 3 is 2.80 bits per heavy atom. The molecular weight excluding hydrogens is 268 g/mol. The van der Waals surface area contributed by atoms with Gasteiger partial charge in [0, 0.05) is 16.5 Å². The Hall–Kier alpha value is -1.81. The van der Waals surface area contributed by atoms with Crippen LogP contribution in [0.25, 0.3) is 11.1 Å². The van der Waals surface area contributed by atoms with Crippen LogP contribution in [0.15, 0.2) is 24.3 Å². The van der Waals surface area contributed by atoms with Crippen molar-refractivity contribution in [3.8, 4) is 11.1 Å². The first kappa shape index (κ1) is 13.2. The molecule has 0 fully saturated rings. The van der Waals surface area contributed by atoms with E-state index in [1.165, 1.54) is 10.4 Å². The minimum absolute atomic E-state index is 0.0632. The zero-order chi connectivity index (χ0) is 14.3. The Labute approximate surface area is 122 Å². The van der Waals surface area contributed by atoms with E-state index in [0.717, 1.165) is 24.0 Å². The molecule has 3 rings (SSSR count). The van der Waals surface area contributed by atoms with Crippen molar-refractivity contribution in [1.29, 1.82) is 0 Å². The van der Waals surface area contributed by atoms with Crippen LogP contribution in [0.2, 0.25) is 0 Å². The summed E-state index contributed by atoms with van der Waals surface area (Å²) in [7, 11) is 0. The molecule has 0 saturated carbocycles. The smallest absolute Gasteiger partial charge is 0.255 e. The quantitative estimate of drug-likeness (QED) is 0.890. The maximum atomic E-state index is 12.4. The van der Waals surface area contributed by atoms with E-state index in [1.807, 2.05) is 26.0 Å². The lowest BCUT2D eigenvalue weighted by molar-refractivity contribution is 0.0945. The molecule has 1 aliphatic carbocycles. The molecule has 0 unspecified atom stereocenters. The number of fused-ring (bicyclic) bond motifs is 3. The van der Waals surface area contributed by atoms with Crippen LogP contribution in [0.1, 0.15) is 34.6 Å². The number of carbonyl (C=O) groups excluding carboxylic acids is 1. The van der Waals surface area contributed by atoms with E-state index in [0.29, 0.717) is 10.6 Å². The van der Waals surface area contributed by atoms with Gasteiger partial charge < -0.3 is 11.1 Å². The van der Waals surface area contributed by atoms with Gasteiger partial charge in [0.15, 0.2) is 0 Å². The second-order valence-corrected chi connectivity index (χ2v) is 6.56. The number of hydrogen-bond acceptors (Lipinski definition) is 3. The molecule has 0 bridgehead atoms. The minimum atomic E-state index is -0.0632. The van der Waals surface area contributed by atoms with Crippen LogP contribution < -0.4 is 11.1 Å². The van der Waals surface area contributed by atoms with Crippen LogP contribution in [-0.4, -0.2) is 11.9 Å². The van der Waals surface area contributed by atoms with E-state index in [4.69, 9.17) is 5.73 Å². The van der Waals surface area contributed by atoms with E-state index < -0.39 is 0 Å². The SMILES string of the molecule is CC(C)NC(=O)c1c(N)sc2c1-c1ccccc1CC2. The molecule has 20 heavy (non-hydrogen) atoms. The molecule has 1 amide bonds. The van der Waals surface area contributed by atoms with Gasteiger partial charge in [0.25, 0.3) is 5.91 Å².